The van der Waals surface area contributed by atoms with Crippen LogP contribution in [0.1, 0.15) is 21.8 Å². The second-order valence-corrected chi connectivity index (χ2v) is 6.86. The summed E-state index contributed by atoms with van der Waals surface area (Å²) < 4.78 is 13.9. The minimum Gasteiger partial charge on any atom is -0.469 e. The molecule has 8 nitrogen and oxygen atoms in total. The van der Waals surface area contributed by atoms with E-state index >= 15 is 0 Å². The number of furan rings is 1. The first-order valence-corrected chi connectivity index (χ1v) is 9.18. The molecule has 0 amide bonds. The Hall–Kier alpha value is -3.07. The number of pyridine rings is 1. The summed E-state index contributed by atoms with van der Waals surface area (Å²) in [6.07, 6.45) is 5.39. The molecule has 0 bridgehead atoms. The number of hydrogen-bond acceptors (Lipinski definition) is 7. The van der Waals surface area contributed by atoms with Gasteiger partial charge in [-0.25, -0.2) is 9.78 Å². The van der Waals surface area contributed by atoms with Gasteiger partial charge in [-0.2, -0.15) is 0 Å². The summed E-state index contributed by atoms with van der Waals surface area (Å²) in [5.41, 5.74) is 2.77. The molecule has 0 aliphatic carbocycles. The SMILES string of the molecule is COC(=O)c1cccn2cc(CSc3nnc(-c4ccoc4C)n3C)nc12. The number of hydrogen-bond donors (Lipinski definition) is 0. The van der Waals surface area contributed by atoms with E-state index in [1.165, 1.54) is 18.9 Å². The molecular weight excluding hydrogens is 366 g/mol. The maximum Gasteiger partial charge on any atom is 0.341 e. The van der Waals surface area contributed by atoms with E-state index in [9.17, 15) is 4.79 Å². The summed E-state index contributed by atoms with van der Waals surface area (Å²) in [5.74, 6) is 1.75. The van der Waals surface area contributed by atoms with Crippen molar-refractivity contribution in [2.45, 2.75) is 17.8 Å². The van der Waals surface area contributed by atoms with E-state index in [0.717, 1.165) is 28.0 Å². The average molecular weight is 383 g/mol. The Kier molecular flexibility index (Phi) is 4.44. The topological polar surface area (TPSA) is 87.5 Å². The van der Waals surface area contributed by atoms with Crippen LogP contribution in [0, 0.1) is 6.92 Å². The van der Waals surface area contributed by atoms with Crippen LogP contribution in [0.15, 0.2) is 46.4 Å². The predicted octanol–water partition coefficient (Wildman–Crippen LogP) is 3.11. The van der Waals surface area contributed by atoms with Crippen LogP contribution in [0.3, 0.4) is 0 Å². The zero-order valence-corrected chi connectivity index (χ0v) is 15.9. The van der Waals surface area contributed by atoms with Crippen LogP contribution in [0.4, 0.5) is 0 Å². The summed E-state index contributed by atoms with van der Waals surface area (Å²) in [4.78, 5) is 16.5. The van der Waals surface area contributed by atoms with Crippen LogP contribution in [-0.4, -0.2) is 37.2 Å². The fourth-order valence-corrected chi connectivity index (χ4v) is 3.63. The molecule has 0 aliphatic heterocycles. The van der Waals surface area contributed by atoms with Gasteiger partial charge in [0.15, 0.2) is 16.6 Å². The number of ether oxygens (including phenoxy) is 1. The summed E-state index contributed by atoms with van der Waals surface area (Å²) >= 11 is 1.53. The smallest absolute Gasteiger partial charge is 0.341 e. The third-order valence-corrected chi connectivity index (χ3v) is 5.28. The van der Waals surface area contributed by atoms with Gasteiger partial charge in [-0.3, -0.25) is 0 Å². The number of thioether (sulfide) groups is 1. The highest BCUT2D eigenvalue weighted by molar-refractivity contribution is 7.98. The van der Waals surface area contributed by atoms with Crippen molar-refractivity contribution in [2.24, 2.45) is 7.05 Å². The van der Waals surface area contributed by atoms with Gasteiger partial charge in [0.05, 0.1) is 24.6 Å². The average Bonchev–Trinajstić information content (AvgIpc) is 3.37. The van der Waals surface area contributed by atoms with Crippen molar-refractivity contribution in [3.05, 3.63) is 53.9 Å². The molecule has 4 rings (SSSR count). The van der Waals surface area contributed by atoms with E-state index in [1.54, 1.807) is 18.4 Å². The standard InChI is InChI=1S/C18H17N5O3S/c1-11-13(6-8-26-11)16-20-21-18(22(16)2)27-10-12-9-23-7-4-5-14(15(23)19-12)17(24)25-3/h4-9H,10H2,1-3H3. The van der Waals surface area contributed by atoms with Crippen molar-refractivity contribution in [3.8, 4) is 11.4 Å². The Balaban J connectivity index is 1.57. The Morgan fingerprint density at radius 1 is 1.33 bits per heavy atom. The fraction of sp³-hybridized carbons (Fsp3) is 0.222. The molecule has 0 unspecified atom stereocenters. The third-order valence-electron chi connectivity index (χ3n) is 4.22. The fourth-order valence-electron chi connectivity index (χ4n) is 2.83. The van der Waals surface area contributed by atoms with Gasteiger partial charge in [0.1, 0.15) is 11.3 Å². The molecule has 138 valence electrons. The number of aryl methyl sites for hydroxylation is 1. The van der Waals surface area contributed by atoms with E-state index in [2.05, 4.69) is 15.2 Å². The van der Waals surface area contributed by atoms with Crippen LogP contribution < -0.4 is 0 Å². The summed E-state index contributed by atoms with van der Waals surface area (Å²) in [6.45, 7) is 1.90. The lowest BCUT2D eigenvalue weighted by molar-refractivity contribution is 0.0602. The Morgan fingerprint density at radius 2 is 2.19 bits per heavy atom. The minimum absolute atomic E-state index is 0.404. The Morgan fingerprint density at radius 3 is 2.93 bits per heavy atom. The van der Waals surface area contributed by atoms with Crippen LogP contribution in [0.5, 0.6) is 0 Å². The van der Waals surface area contributed by atoms with Gasteiger partial charge in [-0.1, -0.05) is 11.8 Å². The molecule has 27 heavy (non-hydrogen) atoms. The highest BCUT2D eigenvalue weighted by Gasteiger charge is 2.16. The lowest BCUT2D eigenvalue weighted by Crippen LogP contribution is -2.03. The summed E-state index contributed by atoms with van der Waals surface area (Å²) in [6, 6.07) is 5.37. The van der Waals surface area contributed by atoms with Crippen LogP contribution in [0.2, 0.25) is 0 Å². The van der Waals surface area contributed by atoms with Gasteiger partial charge in [0, 0.05) is 25.2 Å². The van der Waals surface area contributed by atoms with Crippen molar-refractivity contribution >= 4 is 23.4 Å². The van der Waals surface area contributed by atoms with Crippen LogP contribution >= 0.6 is 11.8 Å². The molecule has 0 spiro atoms. The van der Waals surface area contributed by atoms with Crippen molar-refractivity contribution in [1.82, 2.24) is 24.1 Å². The van der Waals surface area contributed by atoms with Crippen molar-refractivity contribution in [3.63, 3.8) is 0 Å². The zero-order chi connectivity index (χ0) is 19.0. The molecule has 9 heteroatoms. The normalized spacial score (nSPS) is 11.2. The number of aromatic nitrogens is 5. The number of nitrogens with zero attached hydrogens (tertiary/aromatic N) is 5. The zero-order valence-electron chi connectivity index (χ0n) is 15.0. The number of methoxy groups -OCH3 is 1. The minimum atomic E-state index is -0.404. The first-order chi connectivity index (χ1) is 13.1. The first-order valence-electron chi connectivity index (χ1n) is 8.20. The van der Waals surface area contributed by atoms with Gasteiger partial charge >= 0.3 is 5.97 Å². The lowest BCUT2D eigenvalue weighted by Gasteiger charge is -2.02. The Labute approximate surface area is 159 Å². The largest absolute Gasteiger partial charge is 0.469 e. The van der Waals surface area contributed by atoms with Crippen LogP contribution in [0.25, 0.3) is 17.0 Å². The predicted molar refractivity (Wildman–Crippen MR) is 99.5 cm³/mol. The second-order valence-electron chi connectivity index (χ2n) is 5.92. The highest BCUT2D eigenvalue weighted by atomic mass is 32.2. The second kappa shape index (κ2) is 6.92. The van der Waals surface area contributed by atoms with E-state index in [-0.39, 0.29) is 0 Å². The van der Waals surface area contributed by atoms with Crippen molar-refractivity contribution in [2.75, 3.05) is 7.11 Å². The molecule has 0 N–H and O–H groups in total. The molecule has 4 aromatic heterocycles. The van der Waals surface area contributed by atoms with Gasteiger partial charge in [-0.05, 0) is 25.1 Å². The molecule has 0 aliphatic rings. The number of fused-ring (bicyclic) bond motifs is 1. The lowest BCUT2D eigenvalue weighted by atomic mass is 10.2. The number of esters is 1. The van der Waals surface area contributed by atoms with E-state index in [1.807, 2.05) is 41.4 Å². The van der Waals surface area contributed by atoms with E-state index < -0.39 is 5.97 Å². The summed E-state index contributed by atoms with van der Waals surface area (Å²) in [5, 5.41) is 9.31. The van der Waals surface area contributed by atoms with Crippen molar-refractivity contribution in [1.29, 1.82) is 0 Å². The number of imidazole rings is 1. The van der Waals surface area contributed by atoms with Gasteiger partial charge in [0.2, 0.25) is 0 Å². The maximum absolute atomic E-state index is 11.9. The molecule has 4 aromatic rings. The first kappa shape index (κ1) is 17.3. The number of carbonyl (C=O) groups is 1. The van der Waals surface area contributed by atoms with E-state index in [4.69, 9.17) is 9.15 Å². The van der Waals surface area contributed by atoms with Crippen molar-refractivity contribution < 1.29 is 13.9 Å². The molecular formula is C18H17N5O3S. The van der Waals surface area contributed by atoms with Gasteiger partial charge in [0.25, 0.3) is 0 Å². The molecule has 0 fully saturated rings. The molecule has 0 saturated carbocycles. The monoisotopic (exact) mass is 383 g/mol. The maximum atomic E-state index is 11.9. The number of carbonyl (C=O) groups excluding carboxylic acids is 1. The molecule has 4 heterocycles. The molecule has 0 saturated heterocycles. The molecule has 0 radical (unpaired) electrons. The number of rotatable bonds is 5. The highest BCUT2D eigenvalue weighted by Crippen LogP contribution is 2.27. The van der Waals surface area contributed by atoms with Gasteiger partial charge in [-0.15, -0.1) is 10.2 Å². The Bertz CT molecular complexity index is 1130. The van der Waals surface area contributed by atoms with E-state index in [0.29, 0.717) is 17.0 Å². The molecule has 0 atom stereocenters. The quantitative estimate of drug-likeness (QED) is 0.386. The summed E-state index contributed by atoms with van der Waals surface area (Å²) in [7, 11) is 3.28. The van der Waals surface area contributed by atoms with Gasteiger partial charge < -0.3 is 18.1 Å². The third kappa shape index (κ3) is 3.10. The van der Waals surface area contributed by atoms with Crippen LogP contribution in [-0.2, 0) is 17.5 Å². The molecule has 0 aromatic carbocycles.